The molecule has 2 aromatic carbocycles. The Hall–Kier alpha value is -3.38. The van der Waals surface area contributed by atoms with E-state index in [9.17, 15) is 4.79 Å². The molecule has 0 spiro atoms. The predicted molar refractivity (Wildman–Crippen MR) is 117 cm³/mol. The van der Waals surface area contributed by atoms with Gasteiger partial charge in [-0.2, -0.15) is 0 Å². The molecule has 5 aromatic rings. The van der Waals surface area contributed by atoms with E-state index in [4.69, 9.17) is 4.98 Å². The number of imidazole rings is 1. The van der Waals surface area contributed by atoms with Crippen LogP contribution in [0.3, 0.4) is 0 Å². The lowest BCUT2D eigenvalue weighted by Crippen LogP contribution is -2.21. The summed E-state index contributed by atoms with van der Waals surface area (Å²) < 4.78 is 3.69. The van der Waals surface area contributed by atoms with Crippen LogP contribution < -0.4 is 5.56 Å². The zero-order valence-corrected chi connectivity index (χ0v) is 16.6. The van der Waals surface area contributed by atoms with Crippen molar-refractivity contribution in [3.8, 4) is 5.69 Å². The molecule has 0 radical (unpaired) electrons. The summed E-state index contributed by atoms with van der Waals surface area (Å²) in [6.07, 6.45) is 3.99. The normalized spacial score (nSPS) is 11.3. The summed E-state index contributed by atoms with van der Waals surface area (Å²) in [5, 5.41) is 1.28. The Morgan fingerprint density at radius 2 is 1.72 bits per heavy atom. The van der Waals surface area contributed by atoms with Crippen LogP contribution in [0.15, 0.2) is 89.1 Å². The van der Waals surface area contributed by atoms with E-state index in [-0.39, 0.29) is 5.56 Å². The van der Waals surface area contributed by atoms with E-state index in [0.717, 1.165) is 22.6 Å². The number of aryl methyl sites for hydroxylation is 1. The van der Waals surface area contributed by atoms with E-state index in [1.54, 1.807) is 4.57 Å². The molecule has 142 valence electrons. The molecule has 0 fully saturated rings. The van der Waals surface area contributed by atoms with Crippen LogP contribution >= 0.6 is 11.8 Å². The first-order valence-corrected chi connectivity index (χ1v) is 10.3. The van der Waals surface area contributed by atoms with Gasteiger partial charge in [-0.15, -0.1) is 0 Å². The minimum Gasteiger partial charge on any atom is -0.307 e. The predicted octanol–water partition coefficient (Wildman–Crippen LogP) is 4.63. The van der Waals surface area contributed by atoms with E-state index in [1.165, 1.54) is 11.8 Å². The Kier molecular flexibility index (Phi) is 4.41. The van der Waals surface area contributed by atoms with Crippen LogP contribution in [0.4, 0.5) is 0 Å². The first-order valence-electron chi connectivity index (χ1n) is 9.33. The third kappa shape index (κ3) is 3.32. The maximum Gasteiger partial charge on any atom is 0.266 e. The highest BCUT2D eigenvalue weighted by Gasteiger charge is 2.14. The largest absolute Gasteiger partial charge is 0.307 e. The van der Waals surface area contributed by atoms with Crippen LogP contribution in [0, 0.1) is 6.92 Å². The first kappa shape index (κ1) is 17.7. The lowest BCUT2D eigenvalue weighted by atomic mass is 10.2. The van der Waals surface area contributed by atoms with Crippen molar-refractivity contribution in [1.82, 2.24) is 18.9 Å². The van der Waals surface area contributed by atoms with Crippen LogP contribution in [0.25, 0.3) is 22.2 Å². The molecule has 5 rings (SSSR count). The molecule has 5 nitrogen and oxygen atoms in total. The van der Waals surface area contributed by atoms with Crippen molar-refractivity contribution in [2.45, 2.75) is 17.8 Å². The molecule has 0 saturated heterocycles. The monoisotopic (exact) mass is 398 g/mol. The average molecular weight is 398 g/mol. The van der Waals surface area contributed by atoms with Crippen LogP contribution in [0.2, 0.25) is 0 Å². The fraction of sp³-hybridized carbons (Fsp3) is 0.0870. The lowest BCUT2D eigenvalue weighted by Gasteiger charge is -2.13. The molecule has 3 aromatic heterocycles. The van der Waals surface area contributed by atoms with E-state index in [1.807, 2.05) is 90.4 Å². The molecule has 0 aliphatic carbocycles. The van der Waals surface area contributed by atoms with Crippen molar-refractivity contribution in [2.75, 3.05) is 0 Å². The highest BCUT2D eigenvalue weighted by Crippen LogP contribution is 2.24. The zero-order chi connectivity index (χ0) is 19.8. The van der Waals surface area contributed by atoms with Gasteiger partial charge in [0.25, 0.3) is 5.56 Å². The number of hydrogen-bond acceptors (Lipinski definition) is 4. The van der Waals surface area contributed by atoms with Crippen molar-refractivity contribution in [3.63, 3.8) is 0 Å². The second kappa shape index (κ2) is 7.22. The second-order valence-corrected chi connectivity index (χ2v) is 7.82. The molecule has 3 heterocycles. The van der Waals surface area contributed by atoms with Gasteiger partial charge in [0.15, 0.2) is 5.16 Å². The molecular weight excluding hydrogens is 380 g/mol. The third-order valence-corrected chi connectivity index (χ3v) is 5.77. The summed E-state index contributed by atoms with van der Waals surface area (Å²) in [6.45, 7) is 2.03. The van der Waals surface area contributed by atoms with Gasteiger partial charge < -0.3 is 4.40 Å². The van der Waals surface area contributed by atoms with Gasteiger partial charge in [0.1, 0.15) is 5.65 Å². The summed E-state index contributed by atoms with van der Waals surface area (Å²) in [7, 11) is 0. The molecule has 0 unspecified atom stereocenters. The minimum atomic E-state index is -0.0584. The average Bonchev–Trinajstić information content (AvgIpc) is 3.16. The summed E-state index contributed by atoms with van der Waals surface area (Å²) in [4.78, 5) is 22.7. The van der Waals surface area contributed by atoms with Crippen LogP contribution in [0.5, 0.6) is 0 Å². The number of hydrogen-bond donors (Lipinski definition) is 0. The van der Waals surface area contributed by atoms with Crippen molar-refractivity contribution in [3.05, 3.63) is 101 Å². The smallest absolute Gasteiger partial charge is 0.266 e. The number of fused-ring (bicyclic) bond motifs is 2. The lowest BCUT2D eigenvalue weighted by molar-refractivity contribution is 0.819. The number of rotatable bonds is 4. The van der Waals surface area contributed by atoms with E-state index >= 15 is 0 Å². The van der Waals surface area contributed by atoms with Gasteiger partial charge in [-0.05, 0) is 43.3 Å². The van der Waals surface area contributed by atoms with Crippen LogP contribution in [-0.2, 0) is 5.75 Å². The van der Waals surface area contributed by atoms with Gasteiger partial charge in [0.05, 0.1) is 22.3 Å². The standard InChI is InChI=1S/C23H18N4OS/c1-16-9-11-18(12-10-16)27-22(28)19-6-2-3-7-20(19)25-23(27)29-15-17-14-26-13-5-4-8-21(26)24-17/h2-14H,15H2,1H3. The van der Waals surface area contributed by atoms with Gasteiger partial charge >= 0.3 is 0 Å². The van der Waals surface area contributed by atoms with Crippen LogP contribution in [0.1, 0.15) is 11.3 Å². The number of thioether (sulfide) groups is 1. The van der Waals surface area contributed by atoms with E-state index in [0.29, 0.717) is 21.8 Å². The van der Waals surface area contributed by atoms with Crippen molar-refractivity contribution < 1.29 is 0 Å². The zero-order valence-electron chi connectivity index (χ0n) is 15.8. The number of aromatic nitrogens is 4. The number of nitrogens with zero attached hydrogens (tertiary/aromatic N) is 4. The Morgan fingerprint density at radius 1 is 0.931 bits per heavy atom. The molecule has 0 N–H and O–H groups in total. The van der Waals surface area contributed by atoms with Crippen molar-refractivity contribution in [2.24, 2.45) is 0 Å². The molecule has 0 aliphatic heterocycles. The summed E-state index contributed by atoms with van der Waals surface area (Å²) in [5.41, 5.74) is 4.46. The van der Waals surface area contributed by atoms with Gasteiger partial charge in [-0.1, -0.05) is 47.7 Å². The fourth-order valence-electron chi connectivity index (χ4n) is 3.33. The Labute approximate surface area is 171 Å². The van der Waals surface area contributed by atoms with E-state index in [2.05, 4.69) is 4.98 Å². The topological polar surface area (TPSA) is 52.2 Å². The van der Waals surface area contributed by atoms with Crippen LogP contribution in [-0.4, -0.2) is 18.9 Å². The molecule has 0 atom stereocenters. The van der Waals surface area contributed by atoms with Crippen molar-refractivity contribution in [1.29, 1.82) is 0 Å². The first-order chi connectivity index (χ1) is 14.2. The molecule has 29 heavy (non-hydrogen) atoms. The molecule has 0 amide bonds. The molecule has 0 saturated carbocycles. The summed E-state index contributed by atoms with van der Waals surface area (Å²) >= 11 is 1.52. The highest BCUT2D eigenvalue weighted by atomic mass is 32.2. The number of pyridine rings is 1. The molecule has 0 aliphatic rings. The molecular formula is C23H18N4OS. The maximum atomic E-state index is 13.3. The second-order valence-electron chi connectivity index (χ2n) is 6.87. The number of benzene rings is 2. The Morgan fingerprint density at radius 3 is 2.55 bits per heavy atom. The quantitative estimate of drug-likeness (QED) is 0.327. The highest BCUT2D eigenvalue weighted by molar-refractivity contribution is 7.98. The van der Waals surface area contributed by atoms with Crippen molar-refractivity contribution >= 4 is 28.3 Å². The van der Waals surface area contributed by atoms with E-state index < -0.39 is 0 Å². The SMILES string of the molecule is Cc1ccc(-n2c(SCc3cn4ccccc4n3)nc3ccccc3c2=O)cc1. The number of para-hydroxylation sites is 1. The minimum absolute atomic E-state index is 0.0584. The maximum absolute atomic E-state index is 13.3. The third-order valence-electron chi connectivity index (χ3n) is 4.80. The summed E-state index contributed by atoms with van der Waals surface area (Å²) in [6, 6.07) is 21.3. The van der Waals surface area contributed by atoms with Gasteiger partial charge in [0.2, 0.25) is 0 Å². The Balaban J connectivity index is 1.60. The summed E-state index contributed by atoms with van der Waals surface area (Å²) in [5.74, 6) is 0.623. The van der Waals surface area contributed by atoms with Gasteiger partial charge in [0, 0.05) is 18.1 Å². The molecule has 6 heteroatoms. The Bertz CT molecular complexity index is 1350. The van der Waals surface area contributed by atoms with Gasteiger partial charge in [-0.3, -0.25) is 9.36 Å². The van der Waals surface area contributed by atoms with Gasteiger partial charge in [-0.25, -0.2) is 9.97 Å². The molecule has 0 bridgehead atoms. The fourth-order valence-corrected chi connectivity index (χ4v) is 4.22.